The molecular formula is C16H15N5O3. The van der Waals surface area contributed by atoms with Gasteiger partial charge in [0.1, 0.15) is 11.6 Å². The SMILES string of the molecule is COC(=O)c1ccccc1Nc1ccnc(Nc2cc(C)on2)n1. The fourth-order valence-corrected chi connectivity index (χ4v) is 2.05. The van der Waals surface area contributed by atoms with Gasteiger partial charge in [-0.2, -0.15) is 4.98 Å². The van der Waals surface area contributed by atoms with E-state index in [9.17, 15) is 4.79 Å². The second-order valence-electron chi connectivity index (χ2n) is 4.88. The van der Waals surface area contributed by atoms with Crippen molar-refractivity contribution in [1.29, 1.82) is 0 Å². The van der Waals surface area contributed by atoms with E-state index in [2.05, 4.69) is 25.8 Å². The van der Waals surface area contributed by atoms with Gasteiger partial charge in [-0.25, -0.2) is 9.78 Å². The summed E-state index contributed by atoms with van der Waals surface area (Å²) in [5, 5.41) is 9.85. The molecule has 0 amide bonds. The van der Waals surface area contributed by atoms with Crippen LogP contribution < -0.4 is 10.6 Å². The highest BCUT2D eigenvalue weighted by Gasteiger charge is 2.12. The second kappa shape index (κ2) is 6.78. The zero-order valence-corrected chi connectivity index (χ0v) is 13.1. The third-order valence-corrected chi connectivity index (χ3v) is 3.12. The van der Waals surface area contributed by atoms with E-state index in [1.165, 1.54) is 7.11 Å². The fraction of sp³-hybridized carbons (Fsp3) is 0.125. The van der Waals surface area contributed by atoms with Gasteiger partial charge >= 0.3 is 5.97 Å². The first kappa shape index (κ1) is 15.5. The summed E-state index contributed by atoms with van der Waals surface area (Å²) < 4.78 is 9.76. The minimum atomic E-state index is -0.427. The number of nitrogens with one attached hydrogen (secondary N) is 2. The number of carbonyl (C=O) groups is 1. The maximum atomic E-state index is 11.8. The summed E-state index contributed by atoms with van der Waals surface area (Å²) in [6, 6.07) is 10.4. The van der Waals surface area contributed by atoms with Gasteiger partial charge in [0, 0.05) is 12.3 Å². The predicted octanol–water partition coefficient (Wildman–Crippen LogP) is 3.05. The lowest BCUT2D eigenvalue weighted by atomic mass is 10.2. The molecule has 0 fully saturated rings. The Hall–Kier alpha value is -3.42. The molecule has 2 N–H and O–H groups in total. The molecule has 2 aromatic heterocycles. The normalized spacial score (nSPS) is 10.2. The van der Waals surface area contributed by atoms with Crippen LogP contribution in [0.5, 0.6) is 0 Å². The van der Waals surface area contributed by atoms with E-state index in [1.54, 1.807) is 43.5 Å². The molecule has 0 aliphatic rings. The average Bonchev–Trinajstić information content (AvgIpc) is 3.00. The molecule has 0 bridgehead atoms. The Bertz CT molecular complexity index is 862. The van der Waals surface area contributed by atoms with E-state index < -0.39 is 5.97 Å². The Labute approximate surface area is 137 Å². The monoisotopic (exact) mass is 325 g/mol. The quantitative estimate of drug-likeness (QED) is 0.690. The van der Waals surface area contributed by atoms with Crippen LogP contribution in [0.4, 0.5) is 23.3 Å². The lowest BCUT2D eigenvalue weighted by Gasteiger charge is -2.10. The molecule has 0 radical (unpaired) electrons. The fourth-order valence-electron chi connectivity index (χ4n) is 2.05. The van der Waals surface area contributed by atoms with E-state index in [0.29, 0.717) is 34.6 Å². The van der Waals surface area contributed by atoms with Gasteiger partial charge < -0.3 is 19.9 Å². The van der Waals surface area contributed by atoms with Crippen molar-refractivity contribution in [3.05, 3.63) is 53.9 Å². The van der Waals surface area contributed by atoms with Crippen LogP contribution in [0.1, 0.15) is 16.1 Å². The molecule has 0 aliphatic heterocycles. The zero-order valence-electron chi connectivity index (χ0n) is 13.1. The average molecular weight is 325 g/mol. The van der Waals surface area contributed by atoms with Crippen molar-refractivity contribution in [2.45, 2.75) is 6.92 Å². The number of anilines is 4. The number of esters is 1. The minimum Gasteiger partial charge on any atom is -0.465 e. The van der Waals surface area contributed by atoms with Gasteiger partial charge in [0.15, 0.2) is 5.82 Å². The summed E-state index contributed by atoms with van der Waals surface area (Å²) in [6.45, 7) is 1.79. The first-order valence-corrected chi connectivity index (χ1v) is 7.13. The number of hydrogen-bond donors (Lipinski definition) is 2. The van der Waals surface area contributed by atoms with E-state index in [4.69, 9.17) is 9.26 Å². The van der Waals surface area contributed by atoms with Gasteiger partial charge in [0.25, 0.3) is 0 Å². The van der Waals surface area contributed by atoms with Crippen molar-refractivity contribution in [2.75, 3.05) is 17.7 Å². The van der Waals surface area contributed by atoms with E-state index in [0.717, 1.165) is 0 Å². The number of ether oxygens (including phenoxy) is 1. The molecule has 24 heavy (non-hydrogen) atoms. The maximum absolute atomic E-state index is 11.8. The topological polar surface area (TPSA) is 102 Å². The van der Waals surface area contributed by atoms with Crippen LogP contribution in [-0.2, 0) is 4.74 Å². The number of carbonyl (C=O) groups excluding carboxylic acids is 1. The molecule has 0 saturated heterocycles. The number of aromatic nitrogens is 3. The first-order valence-electron chi connectivity index (χ1n) is 7.13. The highest BCUT2D eigenvalue weighted by atomic mass is 16.5. The molecule has 3 rings (SSSR count). The number of benzene rings is 1. The van der Waals surface area contributed by atoms with Crippen molar-refractivity contribution >= 4 is 29.2 Å². The first-order chi connectivity index (χ1) is 11.7. The highest BCUT2D eigenvalue weighted by Crippen LogP contribution is 2.21. The van der Waals surface area contributed by atoms with Crippen LogP contribution >= 0.6 is 0 Å². The van der Waals surface area contributed by atoms with Crippen LogP contribution in [0.15, 0.2) is 47.1 Å². The molecule has 0 saturated carbocycles. The van der Waals surface area contributed by atoms with Crippen LogP contribution in [0.25, 0.3) is 0 Å². The molecule has 0 aliphatic carbocycles. The van der Waals surface area contributed by atoms with Crippen molar-refractivity contribution in [3.63, 3.8) is 0 Å². The number of aryl methyl sites for hydroxylation is 1. The van der Waals surface area contributed by atoms with E-state index in [1.807, 2.05) is 6.07 Å². The Kier molecular flexibility index (Phi) is 4.37. The maximum Gasteiger partial charge on any atom is 0.339 e. The second-order valence-corrected chi connectivity index (χ2v) is 4.88. The van der Waals surface area contributed by atoms with Crippen molar-refractivity contribution in [2.24, 2.45) is 0 Å². The predicted molar refractivity (Wildman–Crippen MR) is 87.6 cm³/mol. The Morgan fingerprint density at radius 3 is 2.75 bits per heavy atom. The lowest BCUT2D eigenvalue weighted by Crippen LogP contribution is -2.06. The van der Waals surface area contributed by atoms with Crippen molar-refractivity contribution < 1.29 is 14.1 Å². The van der Waals surface area contributed by atoms with Gasteiger partial charge in [-0.05, 0) is 25.1 Å². The summed E-state index contributed by atoms with van der Waals surface area (Å²) in [4.78, 5) is 20.3. The summed E-state index contributed by atoms with van der Waals surface area (Å²) in [5.41, 5.74) is 1.01. The molecular weight excluding hydrogens is 310 g/mol. The Morgan fingerprint density at radius 2 is 2.00 bits per heavy atom. The molecule has 8 nitrogen and oxygen atoms in total. The van der Waals surface area contributed by atoms with Gasteiger partial charge in [-0.15, -0.1) is 0 Å². The van der Waals surface area contributed by atoms with E-state index in [-0.39, 0.29) is 0 Å². The van der Waals surface area contributed by atoms with Crippen LogP contribution in [0.3, 0.4) is 0 Å². The third kappa shape index (κ3) is 3.49. The molecule has 2 heterocycles. The molecule has 0 unspecified atom stereocenters. The summed E-state index contributed by atoms with van der Waals surface area (Å²) >= 11 is 0. The summed E-state index contributed by atoms with van der Waals surface area (Å²) in [5.74, 6) is 1.63. The van der Waals surface area contributed by atoms with Crippen LogP contribution in [0, 0.1) is 6.92 Å². The van der Waals surface area contributed by atoms with Gasteiger partial charge in [0.05, 0.1) is 18.4 Å². The third-order valence-electron chi connectivity index (χ3n) is 3.12. The smallest absolute Gasteiger partial charge is 0.339 e. The molecule has 8 heteroatoms. The van der Waals surface area contributed by atoms with Gasteiger partial charge in [-0.1, -0.05) is 17.3 Å². The lowest BCUT2D eigenvalue weighted by molar-refractivity contribution is 0.0602. The molecule has 3 aromatic rings. The summed E-state index contributed by atoms with van der Waals surface area (Å²) in [6.07, 6.45) is 1.59. The Morgan fingerprint density at radius 1 is 1.17 bits per heavy atom. The molecule has 0 atom stereocenters. The van der Waals surface area contributed by atoms with Crippen LogP contribution in [-0.4, -0.2) is 28.2 Å². The largest absolute Gasteiger partial charge is 0.465 e. The van der Waals surface area contributed by atoms with Gasteiger partial charge in [0.2, 0.25) is 5.95 Å². The van der Waals surface area contributed by atoms with Crippen molar-refractivity contribution in [3.8, 4) is 0 Å². The number of rotatable bonds is 5. The van der Waals surface area contributed by atoms with Crippen molar-refractivity contribution in [1.82, 2.24) is 15.1 Å². The molecule has 1 aromatic carbocycles. The zero-order chi connectivity index (χ0) is 16.9. The summed E-state index contributed by atoms with van der Waals surface area (Å²) in [7, 11) is 1.34. The minimum absolute atomic E-state index is 0.351. The van der Waals surface area contributed by atoms with Gasteiger partial charge in [-0.3, -0.25) is 0 Å². The number of methoxy groups -OCH3 is 1. The molecule has 0 spiro atoms. The number of hydrogen-bond acceptors (Lipinski definition) is 8. The Balaban J connectivity index is 1.81. The number of nitrogens with zero attached hydrogens (tertiary/aromatic N) is 3. The number of para-hydroxylation sites is 1. The van der Waals surface area contributed by atoms with E-state index >= 15 is 0 Å². The molecule has 122 valence electrons. The highest BCUT2D eigenvalue weighted by molar-refractivity contribution is 5.96. The van der Waals surface area contributed by atoms with Crippen LogP contribution in [0.2, 0.25) is 0 Å². The standard InChI is InChI=1S/C16H15N5O3/c1-10-9-14(21-24-10)20-16-17-8-7-13(19-16)18-12-6-4-3-5-11(12)15(22)23-2/h3-9H,1-2H3,(H2,17,18,19,20,21).